The van der Waals surface area contributed by atoms with Gasteiger partial charge in [0.1, 0.15) is 17.3 Å². The minimum Gasteiger partial charge on any atom is -0.456 e. The first kappa shape index (κ1) is 30.4. The molecule has 0 radical (unpaired) electrons. The molecule has 2 saturated heterocycles. The maximum absolute atomic E-state index is 13.5. The quantitative estimate of drug-likeness (QED) is 0.452. The molecular weight excluding hydrogens is 580 g/mol. The molecule has 3 aromatic rings. The number of carbonyl (C=O) groups excluding carboxylic acids is 3. The Balaban J connectivity index is 1.23. The van der Waals surface area contributed by atoms with Crippen LogP contribution in [-0.2, 0) is 25.6 Å². The smallest absolute Gasteiger partial charge is 0.256 e. The highest BCUT2D eigenvalue weighted by atomic mass is 16.5. The van der Waals surface area contributed by atoms with Crippen LogP contribution in [0.2, 0.25) is 0 Å². The lowest BCUT2D eigenvalue weighted by Crippen LogP contribution is -2.49. The average Bonchev–Trinajstić information content (AvgIpc) is 3.47. The van der Waals surface area contributed by atoms with Crippen molar-refractivity contribution in [2.24, 2.45) is 0 Å². The number of rotatable bonds is 5. The molecule has 5 heterocycles. The summed E-state index contributed by atoms with van der Waals surface area (Å²) in [4.78, 5) is 53.8. The number of amides is 3. The summed E-state index contributed by atoms with van der Waals surface area (Å²) >= 11 is 0. The van der Waals surface area contributed by atoms with Crippen molar-refractivity contribution in [1.82, 2.24) is 25.1 Å². The van der Waals surface area contributed by atoms with Gasteiger partial charge in [0.15, 0.2) is 0 Å². The third-order valence-corrected chi connectivity index (χ3v) is 7.98. The molecule has 0 spiro atoms. The van der Waals surface area contributed by atoms with Crippen LogP contribution in [0.25, 0.3) is 0 Å². The number of methoxy groups -OCH3 is 1. The number of nitrogens with zero attached hydrogens (tertiary/aromatic N) is 5. The van der Waals surface area contributed by atoms with E-state index in [4.69, 9.17) is 18.9 Å². The summed E-state index contributed by atoms with van der Waals surface area (Å²) in [5, 5.41) is 3.09. The largest absolute Gasteiger partial charge is 0.456 e. The highest BCUT2D eigenvalue weighted by molar-refractivity contribution is 5.96. The van der Waals surface area contributed by atoms with Crippen molar-refractivity contribution in [3.05, 3.63) is 77.7 Å². The van der Waals surface area contributed by atoms with E-state index >= 15 is 0 Å². The standard InChI is InChI=1S/C32H36N6O7/c1-42-10-7-37-20-30(39)35-27-18-38(29-6-5-23(16-34-29)31(40)36-8-11-43-12-9-36)19-28(27)44-21-22-3-2-4-25(13-22)45-26-14-24(32(37)41)15-33-17-26/h2-6,13-17,27-28H,7-12,18-21H2,1H3,(H,35,39)/t27-,28-/m0/s1. The van der Waals surface area contributed by atoms with Crippen LogP contribution in [0.1, 0.15) is 26.3 Å². The zero-order chi connectivity index (χ0) is 31.2. The highest BCUT2D eigenvalue weighted by Gasteiger charge is 2.36. The molecule has 2 fully saturated rings. The van der Waals surface area contributed by atoms with Crippen LogP contribution >= 0.6 is 0 Å². The van der Waals surface area contributed by atoms with E-state index in [1.54, 1.807) is 30.3 Å². The summed E-state index contributed by atoms with van der Waals surface area (Å²) in [5.41, 5.74) is 1.70. The second-order valence-electron chi connectivity index (χ2n) is 11.1. The van der Waals surface area contributed by atoms with E-state index in [9.17, 15) is 14.4 Å². The Bertz CT molecular complexity index is 1510. The Morgan fingerprint density at radius 2 is 1.91 bits per heavy atom. The van der Waals surface area contributed by atoms with Gasteiger partial charge >= 0.3 is 0 Å². The van der Waals surface area contributed by atoms with E-state index in [0.717, 1.165) is 5.56 Å². The first-order chi connectivity index (χ1) is 22.0. The molecule has 13 heteroatoms. The summed E-state index contributed by atoms with van der Waals surface area (Å²) in [7, 11) is 1.54. The van der Waals surface area contributed by atoms with Crippen molar-refractivity contribution in [2.45, 2.75) is 18.8 Å². The van der Waals surface area contributed by atoms with E-state index in [2.05, 4.69) is 15.3 Å². The molecule has 45 heavy (non-hydrogen) atoms. The zero-order valence-corrected chi connectivity index (χ0v) is 25.1. The minimum atomic E-state index is -0.384. The molecule has 6 rings (SSSR count). The van der Waals surface area contributed by atoms with Crippen molar-refractivity contribution >= 4 is 23.5 Å². The third kappa shape index (κ3) is 7.39. The SMILES string of the molecule is COCCN1CC(=O)N[C@H]2CN(c3ccc(C(=O)N4CCOCC4)cn3)C[C@@H]2OCc2cccc(c2)Oc2cncc(c2)C1=O. The van der Waals surface area contributed by atoms with Crippen LogP contribution in [0, 0.1) is 0 Å². The third-order valence-electron chi connectivity index (χ3n) is 7.98. The van der Waals surface area contributed by atoms with Gasteiger partial charge in [0.25, 0.3) is 11.8 Å². The van der Waals surface area contributed by atoms with Gasteiger partial charge in [0.2, 0.25) is 5.91 Å². The normalized spacial score (nSPS) is 20.8. The van der Waals surface area contributed by atoms with Crippen LogP contribution in [0.3, 0.4) is 0 Å². The number of carbonyl (C=O) groups is 3. The van der Waals surface area contributed by atoms with Gasteiger partial charge in [-0.05, 0) is 35.9 Å². The predicted octanol–water partition coefficient (Wildman–Crippen LogP) is 1.73. The van der Waals surface area contributed by atoms with E-state index in [0.29, 0.717) is 74.4 Å². The van der Waals surface area contributed by atoms with E-state index in [1.165, 1.54) is 17.3 Å². The Labute approximate surface area is 261 Å². The second kappa shape index (κ2) is 14.0. The van der Waals surface area contributed by atoms with Gasteiger partial charge in [-0.1, -0.05) is 12.1 Å². The molecule has 236 valence electrons. The van der Waals surface area contributed by atoms with E-state index in [-0.39, 0.29) is 49.6 Å². The van der Waals surface area contributed by atoms with Gasteiger partial charge in [-0.25, -0.2) is 4.98 Å². The molecule has 4 bridgehead atoms. The Hall–Kier alpha value is -4.59. The second-order valence-corrected chi connectivity index (χ2v) is 11.1. The van der Waals surface area contributed by atoms with Crippen LogP contribution in [0.5, 0.6) is 11.5 Å². The minimum absolute atomic E-state index is 0.0740. The summed E-state index contributed by atoms with van der Waals surface area (Å²) in [6.45, 7) is 3.65. The molecule has 3 aliphatic heterocycles. The molecule has 0 aliphatic carbocycles. The van der Waals surface area contributed by atoms with E-state index in [1.807, 2.05) is 35.2 Å². The summed E-state index contributed by atoms with van der Waals surface area (Å²) in [5.74, 6) is 0.893. The number of anilines is 1. The summed E-state index contributed by atoms with van der Waals surface area (Å²) in [6.07, 6.45) is 4.21. The number of aromatic nitrogens is 2. The fraction of sp³-hybridized carbons (Fsp3) is 0.406. The summed E-state index contributed by atoms with van der Waals surface area (Å²) in [6, 6.07) is 12.3. The van der Waals surface area contributed by atoms with Crippen molar-refractivity contribution in [2.75, 3.05) is 71.1 Å². The molecule has 0 unspecified atom stereocenters. The molecule has 13 nitrogen and oxygen atoms in total. The fourth-order valence-electron chi connectivity index (χ4n) is 5.61. The van der Waals surface area contributed by atoms with Gasteiger partial charge in [-0.3, -0.25) is 19.4 Å². The first-order valence-electron chi connectivity index (χ1n) is 15.0. The van der Waals surface area contributed by atoms with Crippen LogP contribution in [-0.4, -0.2) is 116 Å². The predicted molar refractivity (Wildman–Crippen MR) is 162 cm³/mol. The van der Waals surface area contributed by atoms with Crippen molar-refractivity contribution in [3.8, 4) is 11.5 Å². The molecule has 2 atom stereocenters. The molecule has 1 aromatic carbocycles. The van der Waals surface area contributed by atoms with Crippen molar-refractivity contribution in [3.63, 3.8) is 0 Å². The number of ether oxygens (including phenoxy) is 4. The number of hydrogen-bond acceptors (Lipinski definition) is 10. The van der Waals surface area contributed by atoms with E-state index < -0.39 is 0 Å². The van der Waals surface area contributed by atoms with Gasteiger partial charge in [0, 0.05) is 52.2 Å². The number of morpholine rings is 1. The molecule has 3 aliphatic rings. The van der Waals surface area contributed by atoms with Crippen molar-refractivity contribution < 1.29 is 33.3 Å². The number of fused-ring (bicyclic) bond motifs is 5. The highest BCUT2D eigenvalue weighted by Crippen LogP contribution is 2.26. The Kier molecular flexibility index (Phi) is 9.48. The van der Waals surface area contributed by atoms with Gasteiger partial charge < -0.3 is 39.0 Å². The lowest BCUT2D eigenvalue weighted by Gasteiger charge is -2.27. The van der Waals surface area contributed by atoms with Gasteiger partial charge in [-0.2, -0.15) is 0 Å². The number of benzene rings is 1. The molecule has 3 amide bonds. The Morgan fingerprint density at radius 3 is 2.71 bits per heavy atom. The Morgan fingerprint density at radius 1 is 1.04 bits per heavy atom. The molecule has 1 N–H and O–H groups in total. The maximum atomic E-state index is 13.5. The van der Waals surface area contributed by atoms with Gasteiger partial charge in [0.05, 0.1) is 62.4 Å². The first-order valence-corrected chi connectivity index (χ1v) is 15.0. The number of nitrogens with one attached hydrogen (secondary N) is 1. The fourth-order valence-corrected chi connectivity index (χ4v) is 5.61. The lowest BCUT2D eigenvalue weighted by molar-refractivity contribution is -0.123. The lowest BCUT2D eigenvalue weighted by atomic mass is 10.2. The topological polar surface area (TPSA) is 136 Å². The number of hydrogen-bond donors (Lipinski definition) is 1. The molecule has 0 saturated carbocycles. The number of pyridine rings is 2. The molecular formula is C32H36N6O7. The monoisotopic (exact) mass is 616 g/mol. The average molecular weight is 617 g/mol. The van der Waals surface area contributed by atoms with Crippen molar-refractivity contribution in [1.29, 1.82) is 0 Å². The zero-order valence-electron chi connectivity index (χ0n) is 25.1. The maximum Gasteiger partial charge on any atom is 0.256 e. The van der Waals surface area contributed by atoms with Crippen LogP contribution in [0.15, 0.2) is 61.1 Å². The van der Waals surface area contributed by atoms with Crippen LogP contribution in [0.4, 0.5) is 5.82 Å². The van der Waals surface area contributed by atoms with Crippen LogP contribution < -0.4 is 15.0 Å². The molecule has 2 aromatic heterocycles. The van der Waals surface area contributed by atoms with Gasteiger partial charge in [-0.15, -0.1) is 0 Å². The summed E-state index contributed by atoms with van der Waals surface area (Å²) < 4.78 is 23.0.